The van der Waals surface area contributed by atoms with Crippen LogP contribution in [0.15, 0.2) is 34.9 Å². The van der Waals surface area contributed by atoms with Gasteiger partial charge in [-0.1, -0.05) is 12.1 Å². The minimum Gasteiger partial charge on any atom is -0.357 e. The van der Waals surface area contributed by atoms with E-state index in [-0.39, 0.29) is 0 Å². The molecule has 6 heteroatoms. The maximum absolute atomic E-state index is 8.93. The predicted octanol–water partition coefficient (Wildman–Crippen LogP) is 2.79. The van der Waals surface area contributed by atoms with Crippen molar-refractivity contribution in [2.75, 3.05) is 24.3 Å². The fraction of sp³-hybridized carbons (Fsp3) is 0.214. The number of halogens is 1. The zero-order chi connectivity index (χ0) is 14.5. The largest absolute Gasteiger partial charge is 0.357 e. The minimum absolute atomic E-state index is 0.570. The topological polar surface area (TPSA) is 64.8 Å². The SMILES string of the molecule is CNc1ncc(Br)c(N(C)Cc2cccc(C#N)c2)n1. The summed E-state index contributed by atoms with van der Waals surface area (Å²) in [5.74, 6) is 1.37. The Kier molecular flexibility index (Phi) is 4.53. The van der Waals surface area contributed by atoms with Crippen molar-refractivity contribution in [2.45, 2.75) is 6.54 Å². The maximum Gasteiger partial charge on any atom is 0.224 e. The lowest BCUT2D eigenvalue weighted by Gasteiger charge is -2.20. The van der Waals surface area contributed by atoms with Crippen molar-refractivity contribution in [3.05, 3.63) is 46.1 Å². The zero-order valence-corrected chi connectivity index (χ0v) is 12.8. The first-order chi connectivity index (χ1) is 9.63. The molecular formula is C14H14BrN5. The van der Waals surface area contributed by atoms with Crippen molar-refractivity contribution < 1.29 is 0 Å². The van der Waals surface area contributed by atoms with Crippen molar-refractivity contribution in [2.24, 2.45) is 0 Å². The maximum atomic E-state index is 8.93. The standard InChI is InChI=1S/C14H14BrN5/c1-17-14-18-8-12(15)13(19-14)20(2)9-11-5-3-4-10(6-11)7-16/h3-6,8H,9H2,1-2H3,(H,17,18,19). The van der Waals surface area contributed by atoms with E-state index in [0.29, 0.717) is 18.1 Å². The van der Waals surface area contributed by atoms with Crippen LogP contribution in [-0.2, 0) is 6.54 Å². The number of nitriles is 1. The second-order valence-electron chi connectivity index (χ2n) is 4.28. The van der Waals surface area contributed by atoms with Gasteiger partial charge in [-0.15, -0.1) is 0 Å². The molecule has 0 saturated heterocycles. The van der Waals surface area contributed by atoms with Gasteiger partial charge in [-0.2, -0.15) is 10.2 Å². The third-order valence-corrected chi connectivity index (χ3v) is 3.35. The monoisotopic (exact) mass is 331 g/mol. The molecular weight excluding hydrogens is 318 g/mol. The lowest BCUT2D eigenvalue weighted by atomic mass is 10.1. The summed E-state index contributed by atoms with van der Waals surface area (Å²) in [5, 5.41) is 11.8. The van der Waals surface area contributed by atoms with E-state index in [1.807, 2.05) is 30.1 Å². The summed E-state index contributed by atoms with van der Waals surface area (Å²) in [4.78, 5) is 10.6. The van der Waals surface area contributed by atoms with E-state index in [4.69, 9.17) is 5.26 Å². The van der Waals surface area contributed by atoms with Crippen LogP contribution < -0.4 is 10.2 Å². The van der Waals surface area contributed by atoms with E-state index < -0.39 is 0 Å². The Hall–Kier alpha value is -2.13. The van der Waals surface area contributed by atoms with Crippen molar-refractivity contribution in [1.29, 1.82) is 5.26 Å². The van der Waals surface area contributed by atoms with Crippen LogP contribution in [0.3, 0.4) is 0 Å². The number of aromatic nitrogens is 2. The molecule has 5 nitrogen and oxygen atoms in total. The summed E-state index contributed by atoms with van der Waals surface area (Å²) in [6.07, 6.45) is 1.72. The van der Waals surface area contributed by atoms with Crippen LogP contribution in [0.2, 0.25) is 0 Å². The summed E-state index contributed by atoms with van der Waals surface area (Å²) < 4.78 is 0.829. The molecule has 2 aromatic rings. The molecule has 1 N–H and O–H groups in total. The first-order valence-electron chi connectivity index (χ1n) is 6.04. The molecule has 0 unspecified atom stereocenters. The van der Waals surface area contributed by atoms with Gasteiger partial charge in [-0.05, 0) is 33.6 Å². The van der Waals surface area contributed by atoms with Gasteiger partial charge in [-0.25, -0.2) is 4.98 Å². The molecule has 0 atom stereocenters. The Morgan fingerprint density at radius 2 is 2.25 bits per heavy atom. The smallest absolute Gasteiger partial charge is 0.224 e. The van der Waals surface area contributed by atoms with E-state index in [9.17, 15) is 0 Å². The van der Waals surface area contributed by atoms with Gasteiger partial charge in [0.15, 0.2) is 0 Å². The molecule has 1 heterocycles. The molecule has 0 amide bonds. The highest BCUT2D eigenvalue weighted by Gasteiger charge is 2.10. The van der Waals surface area contributed by atoms with Gasteiger partial charge in [0.05, 0.1) is 16.1 Å². The number of benzene rings is 1. The molecule has 0 aliphatic heterocycles. The molecule has 0 bridgehead atoms. The Bertz CT molecular complexity index is 650. The summed E-state index contributed by atoms with van der Waals surface area (Å²) in [5.41, 5.74) is 1.72. The van der Waals surface area contributed by atoms with Crippen LogP contribution in [0.4, 0.5) is 11.8 Å². The highest BCUT2D eigenvalue weighted by atomic mass is 79.9. The lowest BCUT2D eigenvalue weighted by Crippen LogP contribution is -2.19. The summed E-state index contributed by atoms with van der Waals surface area (Å²) in [6.45, 7) is 0.661. The quantitative estimate of drug-likeness (QED) is 0.933. The van der Waals surface area contributed by atoms with Gasteiger partial charge in [0.25, 0.3) is 0 Å². The average Bonchev–Trinajstić information content (AvgIpc) is 2.47. The molecule has 0 saturated carbocycles. The Morgan fingerprint density at radius 3 is 2.95 bits per heavy atom. The number of nitrogens with one attached hydrogen (secondary N) is 1. The van der Waals surface area contributed by atoms with E-state index in [1.54, 1.807) is 19.3 Å². The van der Waals surface area contributed by atoms with Crippen LogP contribution >= 0.6 is 15.9 Å². The van der Waals surface area contributed by atoms with Gasteiger partial charge in [0.1, 0.15) is 5.82 Å². The Labute approximate surface area is 126 Å². The van der Waals surface area contributed by atoms with Crippen molar-refractivity contribution in [1.82, 2.24) is 9.97 Å². The number of hydrogen-bond donors (Lipinski definition) is 1. The predicted molar refractivity (Wildman–Crippen MR) is 82.5 cm³/mol. The molecule has 20 heavy (non-hydrogen) atoms. The number of nitrogens with zero attached hydrogens (tertiary/aromatic N) is 4. The van der Waals surface area contributed by atoms with Gasteiger partial charge >= 0.3 is 0 Å². The third kappa shape index (κ3) is 3.25. The fourth-order valence-corrected chi connectivity index (χ4v) is 2.33. The fourth-order valence-electron chi connectivity index (χ4n) is 1.83. The van der Waals surface area contributed by atoms with Gasteiger partial charge in [0, 0.05) is 26.8 Å². The van der Waals surface area contributed by atoms with Crippen LogP contribution in [0.25, 0.3) is 0 Å². The molecule has 1 aromatic heterocycles. The molecule has 102 valence electrons. The highest BCUT2D eigenvalue weighted by Crippen LogP contribution is 2.24. The van der Waals surface area contributed by atoms with Crippen molar-refractivity contribution >= 4 is 27.7 Å². The first kappa shape index (κ1) is 14.3. The van der Waals surface area contributed by atoms with Gasteiger partial charge < -0.3 is 10.2 Å². The lowest BCUT2D eigenvalue weighted by molar-refractivity contribution is 0.887. The molecule has 2 rings (SSSR count). The average molecular weight is 332 g/mol. The van der Waals surface area contributed by atoms with E-state index in [2.05, 4.69) is 37.3 Å². The third-order valence-electron chi connectivity index (χ3n) is 2.79. The molecule has 0 aliphatic carbocycles. The van der Waals surface area contributed by atoms with Crippen LogP contribution in [0.1, 0.15) is 11.1 Å². The highest BCUT2D eigenvalue weighted by molar-refractivity contribution is 9.10. The molecule has 1 aromatic carbocycles. The van der Waals surface area contributed by atoms with E-state index in [0.717, 1.165) is 15.9 Å². The first-order valence-corrected chi connectivity index (χ1v) is 6.84. The molecule has 0 radical (unpaired) electrons. The van der Waals surface area contributed by atoms with Gasteiger partial charge in [-0.3, -0.25) is 0 Å². The number of anilines is 2. The summed E-state index contributed by atoms with van der Waals surface area (Å²) in [6, 6.07) is 9.70. The Balaban J connectivity index is 2.23. The minimum atomic E-state index is 0.570. The second-order valence-corrected chi connectivity index (χ2v) is 5.14. The second kappa shape index (κ2) is 6.35. The normalized spacial score (nSPS) is 9.90. The summed E-state index contributed by atoms with van der Waals surface area (Å²) >= 11 is 3.45. The number of rotatable bonds is 4. The number of hydrogen-bond acceptors (Lipinski definition) is 5. The molecule has 0 spiro atoms. The van der Waals surface area contributed by atoms with E-state index in [1.165, 1.54) is 0 Å². The van der Waals surface area contributed by atoms with Crippen LogP contribution in [0, 0.1) is 11.3 Å². The molecule has 0 fully saturated rings. The summed E-state index contributed by atoms with van der Waals surface area (Å²) in [7, 11) is 3.73. The van der Waals surface area contributed by atoms with E-state index >= 15 is 0 Å². The van der Waals surface area contributed by atoms with Crippen molar-refractivity contribution in [3.8, 4) is 6.07 Å². The van der Waals surface area contributed by atoms with Crippen LogP contribution in [0.5, 0.6) is 0 Å². The van der Waals surface area contributed by atoms with Gasteiger partial charge in [0.2, 0.25) is 5.95 Å². The zero-order valence-electron chi connectivity index (χ0n) is 11.3. The van der Waals surface area contributed by atoms with Crippen LogP contribution in [-0.4, -0.2) is 24.1 Å². The van der Waals surface area contributed by atoms with Crippen molar-refractivity contribution in [3.63, 3.8) is 0 Å². The molecule has 0 aliphatic rings. The Morgan fingerprint density at radius 1 is 1.45 bits per heavy atom.